The van der Waals surface area contributed by atoms with Crippen LogP contribution in [0, 0.1) is 0 Å². The molecule has 3 unspecified atom stereocenters. The van der Waals surface area contributed by atoms with Gasteiger partial charge in [-0.2, -0.15) is 9.42 Å². The summed E-state index contributed by atoms with van der Waals surface area (Å²) in [6.45, 7) is 0.593. The van der Waals surface area contributed by atoms with Crippen LogP contribution in [0.1, 0.15) is 24.6 Å². The molecule has 2 aliphatic rings. The number of aromatic amines is 1. The van der Waals surface area contributed by atoms with E-state index in [0.717, 1.165) is 5.56 Å². The number of benzene rings is 1. The minimum atomic E-state index is -3.20. The number of hydrogen-bond acceptors (Lipinski definition) is 7. The van der Waals surface area contributed by atoms with Crippen molar-refractivity contribution in [3.05, 3.63) is 62.9 Å². The van der Waals surface area contributed by atoms with Crippen molar-refractivity contribution in [3.8, 4) is 5.75 Å². The highest BCUT2D eigenvalue weighted by Gasteiger charge is 2.48. The lowest BCUT2D eigenvalue weighted by molar-refractivity contribution is -0.0235. The molecule has 1 fully saturated rings. The molecule has 0 spiro atoms. The first-order chi connectivity index (χ1) is 12.5. The molecule has 0 bridgehead atoms. The summed E-state index contributed by atoms with van der Waals surface area (Å²) in [4.78, 5) is 35.7. The van der Waals surface area contributed by atoms with Gasteiger partial charge in [0.2, 0.25) is 0 Å². The van der Waals surface area contributed by atoms with Gasteiger partial charge < -0.3 is 4.74 Å². The van der Waals surface area contributed by atoms with E-state index in [0.29, 0.717) is 25.1 Å². The molecular formula is C16H19N3O6P+. The Morgan fingerprint density at radius 1 is 1.27 bits per heavy atom. The van der Waals surface area contributed by atoms with Gasteiger partial charge in [-0.25, -0.2) is 4.79 Å². The zero-order valence-electron chi connectivity index (χ0n) is 13.8. The molecule has 1 aromatic carbocycles. The summed E-state index contributed by atoms with van der Waals surface area (Å²) < 4.78 is 18.4. The summed E-state index contributed by atoms with van der Waals surface area (Å²) in [6, 6.07) is 8.72. The number of hydrogen-bond donors (Lipinski definition) is 3. The van der Waals surface area contributed by atoms with Gasteiger partial charge in [0.1, 0.15) is 12.8 Å². The molecule has 0 amide bonds. The van der Waals surface area contributed by atoms with E-state index in [1.165, 1.54) is 16.8 Å². The summed E-state index contributed by atoms with van der Waals surface area (Å²) in [6.07, 6.45) is 1.92. The highest BCUT2D eigenvalue weighted by molar-refractivity contribution is 7.58. The summed E-state index contributed by atoms with van der Waals surface area (Å²) in [5.74, 6) is 0.604. The third-order valence-electron chi connectivity index (χ3n) is 4.35. The molecule has 3 N–H and O–H groups in total. The van der Waals surface area contributed by atoms with Gasteiger partial charge in [-0.1, -0.05) is 18.2 Å². The molecule has 3 heterocycles. The molecule has 10 heteroatoms. The van der Waals surface area contributed by atoms with E-state index in [9.17, 15) is 14.5 Å². The Labute approximate surface area is 149 Å². The first kappa shape index (κ1) is 17.4. The number of fused-ring (bicyclic) bond motifs is 1. The topological polar surface area (TPSA) is 115 Å². The van der Waals surface area contributed by atoms with Crippen LogP contribution < -0.4 is 20.9 Å². The molecular weight excluding hydrogens is 361 g/mol. The summed E-state index contributed by atoms with van der Waals surface area (Å²) in [5, 5.41) is 2.91. The van der Waals surface area contributed by atoms with Gasteiger partial charge in [0.25, 0.3) is 5.56 Å². The Kier molecular flexibility index (Phi) is 4.64. The van der Waals surface area contributed by atoms with Gasteiger partial charge in [0.15, 0.2) is 5.75 Å². The molecule has 138 valence electrons. The number of aromatic nitrogens is 2. The Bertz CT molecular complexity index is 915. The first-order valence-corrected chi connectivity index (χ1v) is 9.86. The fraction of sp³-hybridized carbons (Fsp3) is 0.375. The average molecular weight is 380 g/mol. The van der Waals surface area contributed by atoms with Crippen LogP contribution in [-0.4, -0.2) is 27.2 Å². The number of nitrogens with one attached hydrogen (secondary N) is 2. The van der Waals surface area contributed by atoms with Gasteiger partial charge >= 0.3 is 13.8 Å². The maximum Gasteiger partial charge on any atom is 0.544 e. The van der Waals surface area contributed by atoms with E-state index in [4.69, 9.17) is 13.8 Å². The zero-order valence-corrected chi connectivity index (χ0v) is 14.7. The van der Waals surface area contributed by atoms with E-state index in [1.807, 2.05) is 18.2 Å². The quantitative estimate of drug-likeness (QED) is 0.680. The second-order valence-electron chi connectivity index (χ2n) is 6.16. The van der Waals surface area contributed by atoms with Crippen molar-refractivity contribution in [2.24, 2.45) is 0 Å². The monoisotopic (exact) mass is 380 g/mol. The standard InChI is InChI=1S/C16H18N3O6P/c20-14-7-8-19(16(21)18-14)15-6-5-12(24-15)10-23-26(22)17-9-11-3-1-2-4-13(11)25-26/h1-4,7-8,12,15,17,22H,5-6,9-10H2/p+1. The molecule has 3 atom stereocenters. The summed E-state index contributed by atoms with van der Waals surface area (Å²) in [7, 11) is -3.20. The first-order valence-electron chi connectivity index (χ1n) is 8.28. The SMILES string of the molecule is O=c1ccn(C2CCC(CO[P+]3(O)NCc4ccccc4O3)O2)c(=O)[nH]1. The van der Waals surface area contributed by atoms with Crippen molar-refractivity contribution in [3.63, 3.8) is 0 Å². The number of ether oxygens (including phenoxy) is 1. The molecule has 2 aliphatic heterocycles. The second-order valence-corrected chi connectivity index (χ2v) is 7.96. The van der Waals surface area contributed by atoms with Gasteiger partial charge in [-0.15, -0.1) is 5.09 Å². The highest BCUT2D eigenvalue weighted by atomic mass is 31.2. The Morgan fingerprint density at radius 2 is 2.12 bits per heavy atom. The van der Waals surface area contributed by atoms with E-state index >= 15 is 0 Å². The van der Waals surface area contributed by atoms with Gasteiger partial charge in [0.05, 0.1) is 12.6 Å². The fourth-order valence-electron chi connectivity index (χ4n) is 3.01. The molecule has 9 nitrogen and oxygen atoms in total. The van der Waals surface area contributed by atoms with E-state index in [1.54, 1.807) is 6.07 Å². The van der Waals surface area contributed by atoms with Crippen molar-refractivity contribution >= 4 is 8.09 Å². The number of rotatable bonds is 4. The van der Waals surface area contributed by atoms with Crippen LogP contribution in [-0.2, 0) is 15.8 Å². The zero-order chi connectivity index (χ0) is 18.1. The summed E-state index contributed by atoms with van der Waals surface area (Å²) in [5.41, 5.74) is -0.00330. The van der Waals surface area contributed by atoms with Crippen LogP contribution in [0.4, 0.5) is 0 Å². The minimum absolute atomic E-state index is 0.133. The number of H-pyrrole nitrogens is 1. The van der Waals surface area contributed by atoms with Crippen LogP contribution in [0.2, 0.25) is 0 Å². The number of nitrogens with zero attached hydrogens (tertiary/aromatic N) is 1. The Morgan fingerprint density at radius 3 is 2.96 bits per heavy atom. The van der Waals surface area contributed by atoms with Gasteiger partial charge in [0, 0.05) is 17.8 Å². The molecule has 4 rings (SSSR count). The predicted molar refractivity (Wildman–Crippen MR) is 93.5 cm³/mol. The fourth-order valence-corrected chi connectivity index (χ4v) is 4.41. The molecule has 0 aliphatic carbocycles. The van der Waals surface area contributed by atoms with E-state index < -0.39 is 25.6 Å². The molecule has 26 heavy (non-hydrogen) atoms. The van der Waals surface area contributed by atoms with Crippen LogP contribution >= 0.6 is 8.09 Å². The third kappa shape index (κ3) is 3.58. The molecule has 1 saturated heterocycles. The van der Waals surface area contributed by atoms with E-state index in [-0.39, 0.29) is 12.7 Å². The lowest BCUT2D eigenvalue weighted by atomic mass is 10.2. The van der Waals surface area contributed by atoms with Crippen molar-refractivity contribution in [2.75, 3.05) is 6.61 Å². The molecule has 1 aromatic heterocycles. The summed E-state index contributed by atoms with van der Waals surface area (Å²) >= 11 is 0. The van der Waals surface area contributed by atoms with Crippen molar-refractivity contribution in [2.45, 2.75) is 31.7 Å². The maximum atomic E-state index is 11.8. The Balaban J connectivity index is 1.36. The Hall–Kier alpha value is -2.03. The average Bonchev–Trinajstić information content (AvgIpc) is 3.09. The van der Waals surface area contributed by atoms with Crippen LogP contribution in [0.5, 0.6) is 5.75 Å². The second kappa shape index (κ2) is 6.94. The van der Waals surface area contributed by atoms with Crippen molar-refractivity contribution in [1.82, 2.24) is 14.6 Å². The van der Waals surface area contributed by atoms with Crippen LogP contribution in [0.15, 0.2) is 46.1 Å². The predicted octanol–water partition coefficient (Wildman–Crippen LogP) is 1.08. The van der Waals surface area contributed by atoms with Crippen LogP contribution in [0.3, 0.4) is 0 Å². The third-order valence-corrected chi connectivity index (χ3v) is 5.85. The largest absolute Gasteiger partial charge is 0.544 e. The smallest absolute Gasteiger partial charge is 0.352 e. The van der Waals surface area contributed by atoms with E-state index in [2.05, 4.69) is 10.1 Å². The molecule has 0 saturated carbocycles. The number of para-hydroxylation sites is 1. The minimum Gasteiger partial charge on any atom is -0.352 e. The highest BCUT2D eigenvalue weighted by Crippen LogP contribution is 2.56. The van der Waals surface area contributed by atoms with Crippen molar-refractivity contribution < 1.29 is 18.7 Å². The van der Waals surface area contributed by atoms with Crippen LogP contribution in [0.25, 0.3) is 0 Å². The van der Waals surface area contributed by atoms with Gasteiger partial charge in [-0.3, -0.25) is 18.9 Å². The lowest BCUT2D eigenvalue weighted by Crippen LogP contribution is -2.32. The molecule has 0 radical (unpaired) electrons. The van der Waals surface area contributed by atoms with Gasteiger partial charge in [-0.05, 0) is 18.9 Å². The lowest BCUT2D eigenvalue weighted by Gasteiger charge is -2.24. The normalized spacial score (nSPS) is 27.7. The van der Waals surface area contributed by atoms with Crippen molar-refractivity contribution in [1.29, 1.82) is 0 Å². The molecule has 2 aromatic rings. The maximum absolute atomic E-state index is 11.8.